The highest BCUT2D eigenvalue weighted by Crippen LogP contribution is 2.54. The Hall–Kier alpha value is -2.71. The molecule has 9 unspecified atom stereocenters. The third-order valence-electron chi connectivity index (χ3n) is 9.25. The molecule has 2 aliphatic heterocycles. The topological polar surface area (TPSA) is 108 Å². The number of cyclic esters (lactones) is 1. The van der Waals surface area contributed by atoms with Gasteiger partial charge in [-0.3, -0.25) is 14.4 Å². The second kappa shape index (κ2) is 11.6. The highest BCUT2D eigenvalue weighted by molar-refractivity contribution is 6.03. The predicted molar refractivity (Wildman–Crippen MR) is 148 cm³/mol. The Balaban J connectivity index is 1.58. The van der Waals surface area contributed by atoms with Crippen molar-refractivity contribution in [3.63, 3.8) is 0 Å². The molecule has 2 heterocycles. The van der Waals surface area contributed by atoms with E-state index in [9.17, 15) is 19.5 Å². The van der Waals surface area contributed by atoms with Crippen molar-refractivity contribution in [1.29, 1.82) is 0 Å². The van der Waals surface area contributed by atoms with E-state index in [0.717, 1.165) is 12.0 Å². The lowest BCUT2D eigenvalue weighted by molar-refractivity contribution is -0.218. The minimum atomic E-state index is -1.18. The lowest BCUT2D eigenvalue weighted by atomic mass is 9.55. The molecule has 8 nitrogen and oxygen atoms in total. The number of hydrogen-bond acceptors (Lipinski definition) is 8. The number of rotatable bonds is 8. The fraction of sp³-hybridized carbons (Fsp3) is 0.656. The van der Waals surface area contributed by atoms with Gasteiger partial charge in [-0.15, -0.1) is 0 Å². The number of ketones is 1. The summed E-state index contributed by atoms with van der Waals surface area (Å²) in [6.07, 6.45) is 4.29. The van der Waals surface area contributed by atoms with E-state index in [1.165, 1.54) is 0 Å². The average Bonchev–Trinajstić information content (AvgIpc) is 3.20. The van der Waals surface area contributed by atoms with E-state index in [2.05, 4.69) is 19.9 Å². The average molecular weight is 557 g/mol. The summed E-state index contributed by atoms with van der Waals surface area (Å²) in [7, 11) is 1.66. The molecule has 1 saturated heterocycles. The Morgan fingerprint density at radius 3 is 2.52 bits per heavy atom. The molecule has 4 rings (SSSR count). The first-order valence-electron chi connectivity index (χ1n) is 14.4. The number of ether oxygens (including phenoxy) is 4. The Labute approximate surface area is 237 Å². The van der Waals surface area contributed by atoms with Crippen molar-refractivity contribution >= 4 is 17.7 Å². The van der Waals surface area contributed by atoms with Crippen molar-refractivity contribution in [1.82, 2.24) is 0 Å². The molecule has 2 fully saturated rings. The fourth-order valence-corrected chi connectivity index (χ4v) is 6.90. The van der Waals surface area contributed by atoms with Crippen LogP contribution in [0.15, 0.2) is 36.4 Å². The summed E-state index contributed by atoms with van der Waals surface area (Å²) in [5, 5.41) is 9.92. The highest BCUT2D eigenvalue weighted by Gasteiger charge is 2.63. The van der Waals surface area contributed by atoms with Crippen LogP contribution in [0.2, 0.25) is 0 Å². The Bertz CT molecular complexity index is 1140. The minimum absolute atomic E-state index is 0.0208. The van der Waals surface area contributed by atoms with E-state index < -0.39 is 41.1 Å². The van der Waals surface area contributed by atoms with Crippen molar-refractivity contribution < 1.29 is 38.4 Å². The smallest absolute Gasteiger partial charge is 0.320 e. The summed E-state index contributed by atoms with van der Waals surface area (Å²) in [6, 6.07) is 7.09. The summed E-state index contributed by atoms with van der Waals surface area (Å²) in [6.45, 7) is 11.8. The molecule has 1 N–H and O–H groups in total. The molecule has 1 saturated carbocycles. The first-order chi connectivity index (χ1) is 18.8. The van der Waals surface area contributed by atoms with Gasteiger partial charge in [-0.1, -0.05) is 58.9 Å². The minimum Gasteiger partial charge on any atom is -0.508 e. The quantitative estimate of drug-likeness (QED) is 0.260. The maximum absolute atomic E-state index is 13.8. The van der Waals surface area contributed by atoms with Gasteiger partial charge in [-0.25, -0.2) is 0 Å². The van der Waals surface area contributed by atoms with Crippen LogP contribution in [0, 0.1) is 29.1 Å². The van der Waals surface area contributed by atoms with E-state index in [4.69, 9.17) is 18.9 Å². The second-order valence-corrected chi connectivity index (χ2v) is 12.7. The zero-order valence-electron chi connectivity index (χ0n) is 24.7. The molecule has 0 radical (unpaired) electrons. The fourth-order valence-electron chi connectivity index (χ4n) is 6.90. The lowest BCUT2D eigenvalue weighted by Gasteiger charge is -2.56. The molecule has 40 heavy (non-hydrogen) atoms. The first-order valence-corrected chi connectivity index (χ1v) is 14.4. The predicted octanol–water partition coefficient (Wildman–Crippen LogP) is 5.32. The van der Waals surface area contributed by atoms with Gasteiger partial charge in [0.25, 0.3) is 0 Å². The zero-order chi connectivity index (χ0) is 29.4. The molecule has 220 valence electrons. The molecule has 0 aromatic heterocycles. The van der Waals surface area contributed by atoms with Crippen LogP contribution < -0.4 is 0 Å². The number of esters is 2. The Morgan fingerprint density at radius 2 is 1.90 bits per heavy atom. The maximum atomic E-state index is 13.8. The van der Waals surface area contributed by atoms with Crippen LogP contribution >= 0.6 is 0 Å². The van der Waals surface area contributed by atoms with Crippen molar-refractivity contribution in [2.24, 2.45) is 29.1 Å². The number of phenols is 1. The van der Waals surface area contributed by atoms with Gasteiger partial charge in [0.15, 0.2) is 5.78 Å². The molecular weight excluding hydrogens is 512 g/mol. The number of hydrogen-bond donors (Lipinski definition) is 1. The van der Waals surface area contributed by atoms with E-state index in [0.29, 0.717) is 12.8 Å². The second-order valence-electron chi connectivity index (χ2n) is 12.7. The molecule has 9 atom stereocenters. The van der Waals surface area contributed by atoms with Crippen molar-refractivity contribution in [2.45, 2.75) is 97.2 Å². The van der Waals surface area contributed by atoms with Crippen LogP contribution in [-0.4, -0.2) is 53.9 Å². The van der Waals surface area contributed by atoms with Crippen molar-refractivity contribution in [3.05, 3.63) is 42.0 Å². The van der Waals surface area contributed by atoms with E-state index >= 15 is 0 Å². The molecular formula is C32H44O8. The zero-order valence-corrected chi connectivity index (χ0v) is 24.7. The lowest BCUT2D eigenvalue weighted by Crippen LogP contribution is -2.65. The molecule has 1 aromatic rings. The van der Waals surface area contributed by atoms with Gasteiger partial charge in [-0.2, -0.15) is 0 Å². The Kier molecular flexibility index (Phi) is 8.81. The first kappa shape index (κ1) is 30.3. The standard InChI is InChI=1S/C32H44O8/c1-18(11-12-24(37-7)22-9-8-10-23(33)15-22)29-19(2)13-14-32(40-29)27(28(35)20(3)17-31(32,5)6)30(36)39-25-16-26(34)38-21(25)4/h8-10,13-15,18-21,24-25,27,29,33H,11-12,16-17H2,1-7H3. The van der Waals surface area contributed by atoms with Gasteiger partial charge >= 0.3 is 11.9 Å². The third-order valence-corrected chi connectivity index (χ3v) is 9.25. The van der Waals surface area contributed by atoms with Gasteiger partial charge in [-0.05, 0) is 55.2 Å². The van der Waals surface area contributed by atoms with Crippen LogP contribution in [0.5, 0.6) is 5.75 Å². The van der Waals surface area contributed by atoms with Crippen LogP contribution in [-0.2, 0) is 33.3 Å². The monoisotopic (exact) mass is 556 g/mol. The molecule has 1 spiro atoms. The normalized spacial score (nSPS) is 34.9. The summed E-state index contributed by atoms with van der Waals surface area (Å²) in [4.78, 5) is 39.2. The number of carbonyl (C=O) groups is 3. The number of phenolic OH excluding ortho intramolecular Hbond substituents is 1. The molecule has 1 aromatic carbocycles. The SMILES string of the molecule is COC(CCC(C)C1OC2(C=CC1C)C(C(=O)OC1CC(=O)OC1C)C(=O)C(C)CC2(C)C)c1cccc(O)c1. The molecule has 3 aliphatic rings. The third kappa shape index (κ3) is 5.70. The van der Waals surface area contributed by atoms with Crippen molar-refractivity contribution in [2.75, 3.05) is 7.11 Å². The number of benzene rings is 1. The molecule has 1 aliphatic carbocycles. The summed E-state index contributed by atoms with van der Waals surface area (Å²) < 4.78 is 23.7. The number of carbonyl (C=O) groups excluding carboxylic acids is 3. The van der Waals surface area contributed by atoms with E-state index in [-0.39, 0.29) is 47.9 Å². The van der Waals surface area contributed by atoms with Crippen LogP contribution in [0.25, 0.3) is 0 Å². The number of Topliss-reactive ketones (excluding diaryl/α,β-unsaturated/α-hetero) is 1. The van der Waals surface area contributed by atoms with Gasteiger partial charge < -0.3 is 24.1 Å². The van der Waals surface area contributed by atoms with Crippen LogP contribution in [0.3, 0.4) is 0 Å². The van der Waals surface area contributed by atoms with Gasteiger partial charge in [0.2, 0.25) is 0 Å². The van der Waals surface area contributed by atoms with Gasteiger partial charge in [0, 0.05) is 18.9 Å². The van der Waals surface area contributed by atoms with Gasteiger partial charge in [0.1, 0.15) is 29.5 Å². The van der Waals surface area contributed by atoms with Gasteiger partial charge in [0.05, 0.1) is 18.6 Å². The molecule has 0 bridgehead atoms. The van der Waals surface area contributed by atoms with E-state index in [1.54, 1.807) is 32.2 Å². The number of methoxy groups -OCH3 is 1. The largest absolute Gasteiger partial charge is 0.508 e. The Morgan fingerprint density at radius 1 is 1.18 bits per heavy atom. The van der Waals surface area contributed by atoms with E-state index in [1.807, 2.05) is 32.9 Å². The summed E-state index contributed by atoms with van der Waals surface area (Å²) in [5.74, 6) is -2.42. The molecule has 0 amide bonds. The number of aromatic hydroxyl groups is 1. The van der Waals surface area contributed by atoms with Crippen LogP contribution in [0.4, 0.5) is 0 Å². The highest BCUT2D eigenvalue weighted by atomic mass is 16.6. The summed E-state index contributed by atoms with van der Waals surface area (Å²) >= 11 is 0. The molecule has 8 heteroatoms. The summed E-state index contributed by atoms with van der Waals surface area (Å²) in [5.41, 5.74) is -0.816. The maximum Gasteiger partial charge on any atom is 0.320 e. The van der Waals surface area contributed by atoms with Crippen molar-refractivity contribution in [3.8, 4) is 5.75 Å². The van der Waals surface area contributed by atoms with Crippen LogP contribution in [0.1, 0.15) is 78.9 Å².